The molecule has 526 valence electrons. The molecule has 0 aromatic heterocycles. The highest BCUT2D eigenvalue weighted by Crippen LogP contribution is 2.43. The molecule has 0 saturated carbocycles. The lowest BCUT2D eigenvalue weighted by Crippen LogP contribution is -2.29. The number of phosphoric ester groups is 1. The Morgan fingerprint density at radius 3 is 0.865 bits per heavy atom. The highest BCUT2D eigenvalue weighted by molar-refractivity contribution is 7.47. The summed E-state index contributed by atoms with van der Waals surface area (Å²) in [7, 11) is -4.39. The van der Waals surface area contributed by atoms with E-state index in [2.05, 4.69) is 50.3 Å². The molecule has 3 N–H and O–H groups in total. The minimum absolute atomic E-state index is 0.0560. The summed E-state index contributed by atoms with van der Waals surface area (Å²) in [6.45, 7) is 3.81. The van der Waals surface area contributed by atoms with Crippen LogP contribution in [0.25, 0.3) is 0 Å². The average Bonchev–Trinajstić information content (AvgIpc) is 3.64. The second-order valence-electron chi connectivity index (χ2n) is 26.9. The van der Waals surface area contributed by atoms with Crippen LogP contribution in [-0.2, 0) is 32.7 Å². The van der Waals surface area contributed by atoms with Gasteiger partial charge in [-0.15, -0.1) is 0 Å². The first-order valence-electron chi connectivity index (χ1n) is 39.5. The quantitative estimate of drug-likeness (QED) is 0.0264. The molecule has 0 spiro atoms. The predicted octanol–water partition coefficient (Wildman–Crippen LogP) is 26.2. The van der Waals surface area contributed by atoms with Crippen LogP contribution in [-0.4, -0.2) is 49.3 Å². The smallest absolute Gasteiger partial charge is 0.462 e. The topological polar surface area (TPSA) is 134 Å². The third-order valence-electron chi connectivity index (χ3n) is 18.0. The van der Waals surface area contributed by atoms with Crippen molar-refractivity contribution in [3.05, 3.63) is 36.5 Å². The van der Waals surface area contributed by atoms with Crippen molar-refractivity contribution >= 4 is 19.8 Å². The van der Waals surface area contributed by atoms with Crippen molar-refractivity contribution in [2.45, 2.75) is 431 Å². The first kappa shape index (κ1) is 87.2. The maximum atomic E-state index is 12.8. The molecule has 2 atom stereocenters. The Morgan fingerprint density at radius 2 is 0.584 bits per heavy atom. The van der Waals surface area contributed by atoms with Gasteiger partial charge in [-0.1, -0.05) is 378 Å². The van der Waals surface area contributed by atoms with E-state index in [1.807, 2.05) is 0 Å². The zero-order valence-electron chi connectivity index (χ0n) is 59.5. The number of nitrogens with two attached hydrogens (primary N) is 1. The Bertz CT molecular complexity index is 1550. The van der Waals surface area contributed by atoms with E-state index >= 15 is 0 Å². The van der Waals surface area contributed by atoms with Gasteiger partial charge in [-0.2, -0.15) is 0 Å². The standard InChI is InChI=1S/C79H152NO8P/c1-3-5-7-9-11-13-15-17-19-21-23-25-27-29-31-32-33-34-35-36-37-38-39-40-41-42-43-44-46-47-49-51-53-55-57-59-61-63-65-67-69-71-78(81)85-75-77(76-87-89(83,84)86-74-73-80)88-79(82)72-70-68-66-64-62-60-58-56-54-52-50-48-45-30-28-26-24-22-20-18-16-14-12-10-8-6-4-2/h16,18,21-24,77H,3-15,17,19-20,25-76,80H2,1-2H3,(H,83,84)/b18-16-,23-21-,24-22-. The first-order valence-corrected chi connectivity index (χ1v) is 41.0. The maximum Gasteiger partial charge on any atom is 0.472 e. The molecule has 0 aliphatic rings. The molecule has 0 bridgehead atoms. The van der Waals surface area contributed by atoms with Crippen molar-refractivity contribution in [1.82, 2.24) is 0 Å². The number of allylic oxidation sites excluding steroid dienone is 6. The summed E-state index contributed by atoms with van der Waals surface area (Å²) in [5.41, 5.74) is 5.41. The van der Waals surface area contributed by atoms with Gasteiger partial charge < -0.3 is 20.1 Å². The van der Waals surface area contributed by atoms with E-state index in [0.29, 0.717) is 6.42 Å². The van der Waals surface area contributed by atoms with Crippen LogP contribution in [0.5, 0.6) is 0 Å². The van der Waals surface area contributed by atoms with Crippen LogP contribution < -0.4 is 5.73 Å². The van der Waals surface area contributed by atoms with Gasteiger partial charge in [0, 0.05) is 19.4 Å². The van der Waals surface area contributed by atoms with Gasteiger partial charge in [0.2, 0.25) is 0 Å². The van der Waals surface area contributed by atoms with Crippen LogP contribution in [0.3, 0.4) is 0 Å². The van der Waals surface area contributed by atoms with Crippen molar-refractivity contribution < 1.29 is 37.6 Å². The number of carbonyl (C=O) groups is 2. The van der Waals surface area contributed by atoms with E-state index in [4.69, 9.17) is 24.3 Å². The summed E-state index contributed by atoms with van der Waals surface area (Å²) in [5, 5.41) is 0. The summed E-state index contributed by atoms with van der Waals surface area (Å²) in [6.07, 6.45) is 95.8. The van der Waals surface area contributed by atoms with E-state index < -0.39 is 26.5 Å². The Kier molecular flexibility index (Phi) is 73.8. The molecular weight excluding hydrogens is 1120 g/mol. The largest absolute Gasteiger partial charge is 0.472 e. The average molecular weight is 1280 g/mol. The van der Waals surface area contributed by atoms with Gasteiger partial charge in [0.05, 0.1) is 13.2 Å². The van der Waals surface area contributed by atoms with E-state index in [1.165, 1.54) is 353 Å². The Hall–Kier alpha value is -1.77. The normalized spacial score (nSPS) is 13.0. The van der Waals surface area contributed by atoms with Crippen LogP contribution in [0.4, 0.5) is 0 Å². The van der Waals surface area contributed by atoms with Crippen molar-refractivity contribution in [3.63, 3.8) is 0 Å². The number of hydrogen-bond acceptors (Lipinski definition) is 8. The summed E-state index contributed by atoms with van der Waals surface area (Å²) in [5.74, 6) is -0.804. The molecule has 0 amide bonds. The van der Waals surface area contributed by atoms with E-state index in [1.54, 1.807) is 0 Å². The van der Waals surface area contributed by atoms with Crippen LogP contribution in [0.2, 0.25) is 0 Å². The Labute approximate surface area is 554 Å². The second kappa shape index (κ2) is 75.3. The fourth-order valence-corrected chi connectivity index (χ4v) is 12.9. The van der Waals surface area contributed by atoms with Crippen molar-refractivity contribution in [2.75, 3.05) is 26.4 Å². The second-order valence-corrected chi connectivity index (χ2v) is 28.4. The summed E-state index contributed by atoms with van der Waals surface area (Å²) >= 11 is 0. The van der Waals surface area contributed by atoms with Gasteiger partial charge in [0.25, 0.3) is 0 Å². The van der Waals surface area contributed by atoms with Crippen LogP contribution in [0.1, 0.15) is 425 Å². The van der Waals surface area contributed by atoms with Crippen LogP contribution >= 0.6 is 7.82 Å². The van der Waals surface area contributed by atoms with Crippen molar-refractivity contribution in [3.8, 4) is 0 Å². The van der Waals surface area contributed by atoms with Gasteiger partial charge in [0.15, 0.2) is 6.10 Å². The van der Waals surface area contributed by atoms with E-state index in [0.717, 1.165) is 38.5 Å². The highest BCUT2D eigenvalue weighted by Gasteiger charge is 2.26. The number of phosphoric acid groups is 1. The fourth-order valence-electron chi connectivity index (χ4n) is 12.1. The highest BCUT2D eigenvalue weighted by atomic mass is 31.2. The number of rotatable bonds is 76. The molecule has 0 radical (unpaired) electrons. The van der Waals surface area contributed by atoms with Crippen molar-refractivity contribution in [2.24, 2.45) is 5.73 Å². The number of unbranched alkanes of at least 4 members (excludes halogenated alkanes) is 57. The number of carbonyl (C=O) groups excluding carboxylic acids is 2. The zero-order valence-corrected chi connectivity index (χ0v) is 60.3. The van der Waals surface area contributed by atoms with E-state index in [-0.39, 0.29) is 38.6 Å². The monoisotopic (exact) mass is 1270 g/mol. The molecule has 0 aromatic rings. The lowest BCUT2D eigenvalue weighted by molar-refractivity contribution is -0.161. The predicted molar refractivity (Wildman–Crippen MR) is 386 cm³/mol. The Balaban J connectivity index is 3.72. The Morgan fingerprint density at radius 1 is 0.337 bits per heavy atom. The van der Waals surface area contributed by atoms with E-state index in [9.17, 15) is 19.0 Å². The molecule has 0 rings (SSSR count). The van der Waals surface area contributed by atoms with Gasteiger partial charge in [-0.3, -0.25) is 18.6 Å². The molecule has 0 aromatic carbocycles. The lowest BCUT2D eigenvalue weighted by atomic mass is 10.0. The first-order chi connectivity index (χ1) is 43.8. The molecule has 9 nitrogen and oxygen atoms in total. The number of ether oxygens (including phenoxy) is 2. The molecule has 2 unspecified atom stereocenters. The third-order valence-corrected chi connectivity index (χ3v) is 19.0. The molecule has 0 aliphatic carbocycles. The number of hydrogen-bond donors (Lipinski definition) is 2. The summed E-state index contributed by atoms with van der Waals surface area (Å²) < 4.78 is 33.3. The van der Waals surface area contributed by atoms with Crippen molar-refractivity contribution in [1.29, 1.82) is 0 Å². The zero-order chi connectivity index (χ0) is 64.4. The number of esters is 2. The van der Waals surface area contributed by atoms with Gasteiger partial charge in [0.1, 0.15) is 6.61 Å². The molecule has 10 heteroatoms. The van der Waals surface area contributed by atoms with Crippen LogP contribution in [0, 0.1) is 0 Å². The maximum absolute atomic E-state index is 12.8. The third kappa shape index (κ3) is 75.1. The van der Waals surface area contributed by atoms with Gasteiger partial charge in [-0.25, -0.2) is 4.57 Å². The summed E-state index contributed by atoms with van der Waals surface area (Å²) in [4.78, 5) is 35.4. The minimum Gasteiger partial charge on any atom is -0.462 e. The summed E-state index contributed by atoms with van der Waals surface area (Å²) in [6, 6.07) is 0. The lowest BCUT2D eigenvalue weighted by Gasteiger charge is -2.19. The minimum atomic E-state index is -4.39. The fraction of sp³-hybridized carbons (Fsp3) is 0.899. The van der Waals surface area contributed by atoms with Gasteiger partial charge in [-0.05, 0) is 70.6 Å². The molecule has 0 fully saturated rings. The van der Waals surface area contributed by atoms with Gasteiger partial charge >= 0.3 is 19.8 Å². The molecule has 0 aliphatic heterocycles. The SMILES string of the molecule is CCCCCCC/C=C\C/C=C\CCCCCCCCCCCCCCCCCC(=O)OC(COC(=O)CCCCCCCCCCCCCCCCCCCCCCCCCCCCCCC/C=C\CCCCCCCCCC)COP(=O)(O)OCCN. The van der Waals surface area contributed by atoms with Crippen LogP contribution in [0.15, 0.2) is 36.5 Å². The molecular formula is C79H152NO8P. The molecule has 89 heavy (non-hydrogen) atoms. The molecule has 0 saturated heterocycles. The molecule has 0 heterocycles.